The van der Waals surface area contributed by atoms with Gasteiger partial charge in [-0.15, -0.1) is 0 Å². The zero-order chi connectivity index (χ0) is 25.8. The molecule has 1 aliphatic rings. The summed E-state index contributed by atoms with van der Waals surface area (Å²) in [5.41, 5.74) is 5.35. The van der Waals surface area contributed by atoms with Gasteiger partial charge in [-0.05, 0) is 62.0 Å². The number of hydrogen-bond donors (Lipinski definition) is 3. The first-order valence-electron chi connectivity index (χ1n) is 12.8. The minimum absolute atomic E-state index is 0.189. The Bertz CT molecular complexity index is 1400. The molecule has 0 spiro atoms. The summed E-state index contributed by atoms with van der Waals surface area (Å²) in [6.45, 7) is 7.24. The number of aryl methyl sites for hydroxylation is 1. The van der Waals surface area contributed by atoms with Crippen LogP contribution in [-0.4, -0.2) is 76.6 Å². The molecule has 37 heavy (non-hydrogen) atoms. The Kier molecular flexibility index (Phi) is 7.57. The van der Waals surface area contributed by atoms with Crippen molar-refractivity contribution < 1.29 is 9.47 Å². The molecule has 0 aliphatic carbocycles. The lowest BCUT2D eigenvalue weighted by molar-refractivity contribution is 0.130. The molecule has 4 heterocycles. The van der Waals surface area contributed by atoms with Crippen LogP contribution >= 0.6 is 0 Å². The number of methoxy groups -OCH3 is 2. The minimum Gasteiger partial charge on any atom is -0.493 e. The van der Waals surface area contributed by atoms with Crippen LogP contribution in [0.4, 0.5) is 5.69 Å². The molecular formula is C27H35N7O3. The highest BCUT2D eigenvalue weighted by Gasteiger charge is 2.22. The molecule has 0 unspecified atom stereocenters. The van der Waals surface area contributed by atoms with Gasteiger partial charge in [0.05, 0.1) is 49.4 Å². The average Bonchev–Trinajstić information content (AvgIpc) is 3.55. The van der Waals surface area contributed by atoms with Crippen molar-refractivity contribution in [2.24, 2.45) is 0 Å². The first-order chi connectivity index (χ1) is 18.1. The summed E-state index contributed by atoms with van der Waals surface area (Å²) >= 11 is 0. The molecular weight excluding hydrogens is 470 g/mol. The van der Waals surface area contributed by atoms with Crippen LogP contribution < -0.4 is 15.6 Å². The maximum absolute atomic E-state index is 12.9. The van der Waals surface area contributed by atoms with Crippen LogP contribution in [0.15, 0.2) is 41.6 Å². The van der Waals surface area contributed by atoms with Gasteiger partial charge in [0.25, 0.3) is 5.56 Å². The van der Waals surface area contributed by atoms with E-state index in [4.69, 9.17) is 14.5 Å². The molecule has 1 aliphatic heterocycles. The van der Waals surface area contributed by atoms with Crippen molar-refractivity contribution in [3.8, 4) is 17.1 Å². The molecule has 0 amide bonds. The third kappa shape index (κ3) is 5.55. The van der Waals surface area contributed by atoms with Crippen LogP contribution in [0.2, 0.25) is 0 Å². The number of fused-ring (bicyclic) bond motifs is 1. The van der Waals surface area contributed by atoms with E-state index in [1.54, 1.807) is 31.3 Å². The van der Waals surface area contributed by atoms with Gasteiger partial charge in [-0.1, -0.05) is 6.07 Å². The van der Waals surface area contributed by atoms with Crippen LogP contribution in [0.3, 0.4) is 0 Å². The first kappa shape index (κ1) is 25.0. The van der Waals surface area contributed by atoms with Gasteiger partial charge >= 0.3 is 0 Å². The average molecular weight is 506 g/mol. The number of pyridine rings is 1. The minimum atomic E-state index is -0.189. The molecule has 0 radical (unpaired) electrons. The SMILES string of the molecule is COCCN1CCC(c2cc(C)c3nc(-c4c(NCCn5cc(OC)cn5)cc[nH]c4=O)[nH]c3c2)CC1. The van der Waals surface area contributed by atoms with Crippen molar-refractivity contribution in [2.45, 2.75) is 32.2 Å². The number of aromatic nitrogens is 5. The second kappa shape index (κ2) is 11.2. The summed E-state index contributed by atoms with van der Waals surface area (Å²) in [5, 5.41) is 7.65. The van der Waals surface area contributed by atoms with Gasteiger partial charge in [0, 0.05) is 26.4 Å². The number of benzene rings is 1. The molecule has 4 aromatic rings. The second-order valence-electron chi connectivity index (χ2n) is 9.59. The van der Waals surface area contributed by atoms with Crippen molar-refractivity contribution in [3.05, 3.63) is 58.3 Å². The van der Waals surface area contributed by atoms with E-state index >= 15 is 0 Å². The van der Waals surface area contributed by atoms with Gasteiger partial charge < -0.3 is 29.7 Å². The van der Waals surface area contributed by atoms with E-state index in [2.05, 4.69) is 44.3 Å². The Balaban J connectivity index is 1.35. The third-order valence-corrected chi connectivity index (χ3v) is 7.17. The quantitative estimate of drug-likeness (QED) is 0.303. The largest absolute Gasteiger partial charge is 0.493 e. The fourth-order valence-electron chi connectivity index (χ4n) is 5.12. The van der Waals surface area contributed by atoms with E-state index in [-0.39, 0.29) is 5.56 Å². The summed E-state index contributed by atoms with van der Waals surface area (Å²) in [5.74, 6) is 1.80. The Morgan fingerprint density at radius 2 is 2.03 bits per heavy atom. The van der Waals surface area contributed by atoms with Gasteiger partial charge in [0.2, 0.25) is 0 Å². The van der Waals surface area contributed by atoms with E-state index in [0.717, 1.165) is 61.4 Å². The van der Waals surface area contributed by atoms with Crippen molar-refractivity contribution in [1.29, 1.82) is 0 Å². The second-order valence-corrected chi connectivity index (χ2v) is 9.59. The smallest absolute Gasteiger partial charge is 0.261 e. The van der Waals surface area contributed by atoms with Crippen molar-refractivity contribution in [2.75, 3.05) is 52.3 Å². The van der Waals surface area contributed by atoms with Crippen LogP contribution in [0, 0.1) is 6.92 Å². The Hall–Kier alpha value is -3.63. The van der Waals surface area contributed by atoms with Crippen molar-refractivity contribution >= 4 is 16.7 Å². The zero-order valence-corrected chi connectivity index (χ0v) is 21.7. The molecule has 1 fully saturated rings. The number of aromatic amines is 2. The van der Waals surface area contributed by atoms with E-state index in [1.807, 2.05) is 12.3 Å². The van der Waals surface area contributed by atoms with Crippen molar-refractivity contribution in [1.82, 2.24) is 29.6 Å². The van der Waals surface area contributed by atoms with Gasteiger partial charge in [-0.2, -0.15) is 5.10 Å². The number of imidazole rings is 1. The maximum atomic E-state index is 12.9. The number of nitrogens with zero attached hydrogens (tertiary/aromatic N) is 4. The fraction of sp³-hybridized carbons (Fsp3) is 0.444. The molecule has 3 N–H and O–H groups in total. The molecule has 1 aromatic carbocycles. The highest BCUT2D eigenvalue weighted by atomic mass is 16.5. The van der Waals surface area contributed by atoms with Gasteiger partial charge in [0.1, 0.15) is 11.4 Å². The van der Waals surface area contributed by atoms with Gasteiger partial charge in [0.15, 0.2) is 5.75 Å². The van der Waals surface area contributed by atoms with E-state index in [9.17, 15) is 4.79 Å². The zero-order valence-electron chi connectivity index (χ0n) is 21.7. The highest BCUT2D eigenvalue weighted by molar-refractivity contribution is 5.85. The molecule has 10 heteroatoms. The fourth-order valence-corrected chi connectivity index (χ4v) is 5.12. The summed E-state index contributed by atoms with van der Waals surface area (Å²) in [4.78, 5) is 26.4. The lowest BCUT2D eigenvalue weighted by Gasteiger charge is -2.32. The number of anilines is 1. The summed E-state index contributed by atoms with van der Waals surface area (Å²) in [7, 11) is 3.37. The third-order valence-electron chi connectivity index (χ3n) is 7.17. The van der Waals surface area contributed by atoms with Crippen molar-refractivity contribution in [3.63, 3.8) is 0 Å². The van der Waals surface area contributed by atoms with Crippen LogP contribution in [0.1, 0.15) is 29.9 Å². The van der Waals surface area contributed by atoms with Crippen LogP contribution in [-0.2, 0) is 11.3 Å². The summed E-state index contributed by atoms with van der Waals surface area (Å²) < 4.78 is 12.2. The molecule has 0 bridgehead atoms. The Labute approximate surface area is 216 Å². The number of likely N-dealkylation sites (tertiary alicyclic amines) is 1. The Morgan fingerprint density at radius 3 is 2.78 bits per heavy atom. The number of H-pyrrole nitrogens is 2. The number of nitrogens with one attached hydrogen (secondary N) is 3. The van der Waals surface area contributed by atoms with E-state index in [1.165, 1.54) is 5.56 Å². The summed E-state index contributed by atoms with van der Waals surface area (Å²) in [6, 6.07) is 6.34. The van der Waals surface area contributed by atoms with Crippen LogP contribution in [0.25, 0.3) is 22.4 Å². The molecule has 1 saturated heterocycles. The number of hydrogen-bond acceptors (Lipinski definition) is 7. The molecule has 5 rings (SSSR count). The molecule has 0 atom stereocenters. The number of ether oxygens (including phenoxy) is 2. The van der Waals surface area contributed by atoms with E-state index < -0.39 is 0 Å². The standard InChI is InChI=1S/C27H35N7O3/c1-18-14-20(19-5-9-33(10-6-19)12-13-36-2)15-23-25(18)32-26(31-23)24-22(4-7-29-27(24)35)28-8-11-34-17-21(37-3)16-30-34/h4,7,14-17,19H,5-6,8-13H2,1-3H3,(H,31,32)(H2,28,29,35). The molecule has 10 nitrogen and oxygen atoms in total. The number of rotatable bonds is 10. The Morgan fingerprint density at radius 1 is 1.19 bits per heavy atom. The maximum Gasteiger partial charge on any atom is 0.261 e. The van der Waals surface area contributed by atoms with Crippen LogP contribution in [0.5, 0.6) is 5.75 Å². The lowest BCUT2D eigenvalue weighted by Crippen LogP contribution is -2.35. The topological polar surface area (TPSA) is 113 Å². The molecule has 196 valence electrons. The van der Waals surface area contributed by atoms with Gasteiger partial charge in [-0.25, -0.2) is 4.98 Å². The first-order valence-corrected chi connectivity index (χ1v) is 12.8. The number of piperidine rings is 1. The lowest BCUT2D eigenvalue weighted by atomic mass is 9.88. The molecule has 3 aromatic heterocycles. The summed E-state index contributed by atoms with van der Waals surface area (Å²) in [6.07, 6.45) is 7.42. The van der Waals surface area contributed by atoms with Gasteiger partial charge in [-0.3, -0.25) is 9.48 Å². The highest BCUT2D eigenvalue weighted by Crippen LogP contribution is 2.33. The normalized spacial score (nSPS) is 14.9. The predicted octanol–water partition coefficient (Wildman–Crippen LogP) is 3.37. The predicted molar refractivity (Wildman–Crippen MR) is 144 cm³/mol. The van der Waals surface area contributed by atoms with E-state index in [0.29, 0.717) is 36.1 Å². The molecule has 0 saturated carbocycles. The monoisotopic (exact) mass is 505 g/mol.